The molecule has 3 nitrogen and oxygen atoms in total. The van der Waals surface area contributed by atoms with E-state index in [0.717, 1.165) is 18.7 Å². The summed E-state index contributed by atoms with van der Waals surface area (Å²) in [6.07, 6.45) is 0.423. The predicted octanol–water partition coefficient (Wildman–Crippen LogP) is 1.93. The topological polar surface area (TPSA) is 46.3 Å². The van der Waals surface area contributed by atoms with Crippen molar-refractivity contribution in [1.82, 2.24) is 4.90 Å². The second kappa shape index (κ2) is 4.78. The van der Waals surface area contributed by atoms with Crippen LogP contribution >= 0.6 is 0 Å². The van der Waals surface area contributed by atoms with E-state index in [-0.39, 0.29) is 5.91 Å². The van der Waals surface area contributed by atoms with Crippen LogP contribution in [0.5, 0.6) is 0 Å². The number of carbonyl (C=O) groups is 1. The van der Waals surface area contributed by atoms with Gasteiger partial charge in [-0.3, -0.25) is 4.79 Å². The average molecular weight is 232 g/mol. The van der Waals surface area contributed by atoms with Crippen LogP contribution in [-0.4, -0.2) is 23.9 Å². The molecule has 1 amide bonds. The van der Waals surface area contributed by atoms with E-state index in [9.17, 15) is 4.79 Å². The number of carbonyl (C=O) groups excluding carboxylic acids is 1. The highest BCUT2D eigenvalue weighted by Crippen LogP contribution is 2.23. The fourth-order valence-corrected chi connectivity index (χ4v) is 2.30. The van der Waals surface area contributed by atoms with E-state index in [1.165, 1.54) is 0 Å². The van der Waals surface area contributed by atoms with Crippen molar-refractivity contribution in [2.24, 2.45) is 11.8 Å². The van der Waals surface area contributed by atoms with Crippen molar-refractivity contribution in [3.63, 3.8) is 0 Å². The number of hydrogen-bond donors (Lipinski definition) is 1. The van der Waals surface area contributed by atoms with Crippen molar-refractivity contribution in [3.05, 3.63) is 29.8 Å². The van der Waals surface area contributed by atoms with Crippen LogP contribution in [0.2, 0.25) is 0 Å². The van der Waals surface area contributed by atoms with E-state index in [4.69, 9.17) is 5.73 Å². The molecule has 17 heavy (non-hydrogen) atoms. The molecule has 0 spiro atoms. The first-order chi connectivity index (χ1) is 8.08. The second-order valence-corrected chi connectivity index (χ2v) is 5.13. The van der Waals surface area contributed by atoms with Crippen LogP contribution in [0.4, 0.5) is 5.69 Å². The van der Waals surface area contributed by atoms with Crippen LogP contribution in [0, 0.1) is 11.8 Å². The third-order valence-electron chi connectivity index (χ3n) is 3.74. The number of nitrogens with zero attached hydrogens (tertiary/aromatic N) is 1. The van der Waals surface area contributed by atoms with Crippen LogP contribution < -0.4 is 5.73 Å². The molecule has 1 aliphatic rings. The lowest BCUT2D eigenvalue weighted by Crippen LogP contribution is -2.30. The molecule has 0 bridgehead atoms. The summed E-state index contributed by atoms with van der Waals surface area (Å²) in [6.45, 7) is 6.17. The van der Waals surface area contributed by atoms with E-state index in [0.29, 0.717) is 23.9 Å². The molecule has 0 aliphatic carbocycles. The summed E-state index contributed by atoms with van der Waals surface area (Å²) in [7, 11) is 0. The van der Waals surface area contributed by atoms with Crippen molar-refractivity contribution in [2.75, 3.05) is 18.8 Å². The first kappa shape index (κ1) is 12.0. The van der Waals surface area contributed by atoms with E-state index in [1.54, 1.807) is 0 Å². The number of likely N-dealkylation sites (tertiary alicyclic amines) is 1. The summed E-state index contributed by atoms with van der Waals surface area (Å²) < 4.78 is 0. The average Bonchev–Trinajstić information content (AvgIpc) is 2.63. The summed E-state index contributed by atoms with van der Waals surface area (Å²) in [4.78, 5) is 14.1. The Labute approximate surface area is 103 Å². The number of benzene rings is 1. The van der Waals surface area contributed by atoms with Gasteiger partial charge in [-0.05, 0) is 23.5 Å². The molecular formula is C14H20N2O. The van der Waals surface area contributed by atoms with Crippen molar-refractivity contribution >= 4 is 11.6 Å². The van der Waals surface area contributed by atoms with Gasteiger partial charge in [0.15, 0.2) is 0 Å². The van der Waals surface area contributed by atoms with Crippen molar-refractivity contribution in [3.8, 4) is 0 Å². The Morgan fingerprint density at radius 1 is 1.29 bits per heavy atom. The smallest absolute Gasteiger partial charge is 0.227 e. The SMILES string of the molecule is CC1CN(C(=O)Cc2ccccc2N)CC1C. The Kier molecular flexibility index (Phi) is 3.36. The van der Waals surface area contributed by atoms with Crippen LogP contribution in [-0.2, 0) is 11.2 Å². The minimum atomic E-state index is 0.194. The number of nitrogen functional groups attached to an aromatic ring is 1. The highest BCUT2D eigenvalue weighted by molar-refractivity contribution is 5.80. The number of rotatable bonds is 2. The Bertz CT molecular complexity index is 406. The third kappa shape index (κ3) is 2.60. The molecule has 2 unspecified atom stereocenters. The normalized spacial score (nSPS) is 24.0. The molecule has 0 radical (unpaired) electrons. The van der Waals surface area contributed by atoms with Gasteiger partial charge in [-0.1, -0.05) is 32.0 Å². The molecule has 3 heteroatoms. The highest BCUT2D eigenvalue weighted by atomic mass is 16.2. The van der Waals surface area contributed by atoms with Gasteiger partial charge in [0.05, 0.1) is 6.42 Å². The quantitative estimate of drug-likeness (QED) is 0.792. The molecular weight excluding hydrogens is 212 g/mol. The number of hydrogen-bond acceptors (Lipinski definition) is 2. The zero-order valence-corrected chi connectivity index (χ0v) is 10.5. The fourth-order valence-electron chi connectivity index (χ4n) is 2.30. The van der Waals surface area contributed by atoms with Gasteiger partial charge < -0.3 is 10.6 Å². The van der Waals surface area contributed by atoms with Crippen LogP contribution in [0.3, 0.4) is 0 Å². The predicted molar refractivity (Wildman–Crippen MR) is 69.5 cm³/mol. The monoisotopic (exact) mass is 232 g/mol. The summed E-state index contributed by atoms with van der Waals surface area (Å²) in [5.41, 5.74) is 7.50. The molecule has 2 rings (SSSR count). The van der Waals surface area contributed by atoms with Gasteiger partial charge >= 0.3 is 0 Å². The molecule has 1 fully saturated rings. The first-order valence-corrected chi connectivity index (χ1v) is 6.19. The first-order valence-electron chi connectivity index (χ1n) is 6.19. The largest absolute Gasteiger partial charge is 0.398 e. The number of anilines is 1. The van der Waals surface area contributed by atoms with E-state index in [2.05, 4.69) is 13.8 Å². The number of nitrogens with two attached hydrogens (primary N) is 1. The van der Waals surface area contributed by atoms with Crippen LogP contribution in [0.1, 0.15) is 19.4 Å². The maximum absolute atomic E-state index is 12.1. The summed E-state index contributed by atoms with van der Waals surface area (Å²) >= 11 is 0. The van der Waals surface area contributed by atoms with Gasteiger partial charge in [0, 0.05) is 18.8 Å². The van der Waals surface area contributed by atoms with Crippen LogP contribution in [0.25, 0.3) is 0 Å². The maximum atomic E-state index is 12.1. The fraction of sp³-hybridized carbons (Fsp3) is 0.500. The highest BCUT2D eigenvalue weighted by Gasteiger charge is 2.29. The lowest BCUT2D eigenvalue weighted by atomic mass is 10.0. The lowest BCUT2D eigenvalue weighted by molar-refractivity contribution is -0.129. The molecule has 1 aromatic rings. The molecule has 2 N–H and O–H groups in total. The van der Waals surface area contributed by atoms with E-state index >= 15 is 0 Å². The van der Waals surface area contributed by atoms with Gasteiger partial charge in [-0.25, -0.2) is 0 Å². The Balaban J connectivity index is 2.01. The molecule has 92 valence electrons. The summed E-state index contributed by atoms with van der Waals surface area (Å²) in [5.74, 6) is 1.40. The zero-order chi connectivity index (χ0) is 12.4. The molecule has 0 aromatic heterocycles. The summed E-state index contributed by atoms with van der Waals surface area (Å²) in [6, 6.07) is 7.59. The standard InChI is InChI=1S/C14H20N2O/c1-10-8-16(9-11(10)2)14(17)7-12-5-3-4-6-13(12)15/h3-6,10-11H,7-9,15H2,1-2H3. The minimum absolute atomic E-state index is 0.194. The van der Waals surface area contributed by atoms with Crippen molar-refractivity contribution in [1.29, 1.82) is 0 Å². The van der Waals surface area contributed by atoms with Crippen molar-refractivity contribution < 1.29 is 4.79 Å². The van der Waals surface area contributed by atoms with Gasteiger partial charge in [0.25, 0.3) is 0 Å². The van der Waals surface area contributed by atoms with Crippen molar-refractivity contribution in [2.45, 2.75) is 20.3 Å². The molecule has 1 aromatic carbocycles. The van der Waals surface area contributed by atoms with Gasteiger partial charge in [-0.2, -0.15) is 0 Å². The maximum Gasteiger partial charge on any atom is 0.227 e. The molecule has 1 aliphatic heterocycles. The molecule has 0 saturated carbocycles. The van der Waals surface area contributed by atoms with E-state index < -0.39 is 0 Å². The Morgan fingerprint density at radius 2 is 1.88 bits per heavy atom. The van der Waals surface area contributed by atoms with Gasteiger partial charge in [0.1, 0.15) is 0 Å². The molecule has 1 heterocycles. The molecule has 2 atom stereocenters. The Morgan fingerprint density at radius 3 is 2.47 bits per heavy atom. The second-order valence-electron chi connectivity index (χ2n) is 5.13. The van der Waals surface area contributed by atoms with Crippen LogP contribution in [0.15, 0.2) is 24.3 Å². The minimum Gasteiger partial charge on any atom is -0.398 e. The lowest BCUT2D eigenvalue weighted by Gasteiger charge is -2.16. The number of amides is 1. The third-order valence-corrected chi connectivity index (χ3v) is 3.74. The molecule has 1 saturated heterocycles. The zero-order valence-electron chi connectivity index (χ0n) is 10.5. The van der Waals surface area contributed by atoms with E-state index in [1.807, 2.05) is 29.2 Å². The number of para-hydroxylation sites is 1. The van der Waals surface area contributed by atoms with Gasteiger partial charge in [0.2, 0.25) is 5.91 Å². The van der Waals surface area contributed by atoms with Gasteiger partial charge in [-0.15, -0.1) is 0 Å². The summed E-state index contributed by atoms with van der Waals surface area (Å²) in [5, 5.41) is 0. The Hall–Kier alpha value is -1.51.